The molecule has 17 heavy (non-hydrogen) atoms. The van der Waals surface area contributed by atoms with Gasteiger partial charge in [-0.3, -0.25) is 4.79 Å². The number of hydrogen-bond donors (Lipinski definition) is 1. The number of carbonyl (C=O) groups is 1. The van der Waals surface area contributed by atoms with Gasteiger partial charge in [-0.05, 0) is 42.0 Å². The van der Waals surface area contributed by atoms with Crippen LogP contribution in [0.1, 0.15) is 31.4 Å². The molecule has 0 aliphatic heterocycles. The molecule has 0 bridgehead atoms. The molecule has 0 heterocycles. The highest BCUT2D eigenvalue weighted by molar-refractivity contribution is 6.31. The highest BCUT2D eigenvalue weighted by Gasteiger charge is 2.23. The molecule has 1 rings (SSSR count). The number of hydrogen-bond acceptors (Lipinski definition) is 1. The molecule has 4 heteroatoms. The summed E-state index contributed by atoms with van der Waals surface area (Å²) in [6.07, 6.45) is 0.466. The van der Waals surface area contributed by atoms with Crippen LogP contribution in [-0.4, -0.2) is 11.1 Å². The van der Waals surface area contributed by atoms with Crippen molar-refractivity contribution in [3.05, 3.63) is 34.1 Å². The van der Waals surface area contributed by atoms with E-state index in [9.17, 15) is 9.18 Å². The fraction of sp³-hybridized carbons (Fsp3) is 0.462. The summed E-state index contributed by atoms with van der Waals surface area (Å²) in [7, 11) is 0. The fourth-order valence-corrected chi connectivity index (χ4v) is 2.10. The number of aliphatic carboxylic acids is 1. The predicted octanol–water partition coefficient (Wildman–Crippen LogP) is 3.83. The van der Waals surface area contributed by atoms with Crippen molar-refractivity contribution in [3.63, 3.8) is 0 Å². The predicted molar refractivity (Wildman–Crippen MR) is 65.9 cm³/mol. The highest BCUT2D eigenvalue weighted by Crippen LogP contribution is 2.30. The van der Waals surface area contributed by atoms with Crippen LogP contribution in [0.2, 0.25) is 5.02 Å². The van der Waals surface area contributed by atoms with Gasteiger partial charge in [0.25, 0.3) is 0 Å². The molecule has 1 aromatic rings. The Morgan fingerprint density at radius 2 is 2.06 bits per heavy atom. The van der Waals surface area contributed by atoms with Crippen molar-refractivity contribution in [3.8, 4) is 0 Å². The maximum Gasteiger partial charge on any atom is 0.303 e. The third-order valence-corrected chi connectivity index (χ3v) is 2.98. The maximum atomic E-state index is 13.4. The molecule has 2 nitrogen and oxygen atoms in total. The Labute approximate surface area is 105 Å². The van der Waals surface area contributed by atoms with Gasteiger partial charge in [0.1, 0.15) is 5.82 Å². The number of halogens is 2. The van der Waals surface area contributed by atoms with Gasteiger partial charge in [0.2, 0.25) is 0 Å². The van der Waals surface area contributed by atoms with Crippen LogP contribution in [0, 0.1) is 18.2 Å². The lowest BCUT2D eigenvalue weighted by Gasteiger charge is -2.23. The molecule has 0 aliphatic rings. The van der Waals surface area contributed by atoms with Crippen LogP contribution < -0.4 is 0 Å². The van der Waals surface area contributed by atoms with Crippen LogP contribution in [-0.2, 0) is 11.2 Å². The SMILES string of the molecule is Cc1cc(Cl)c(CC(C)(C)CC(=O)O)cc1F. The number of carboxylic acid groups (broad SMARTS) is 1. The third-order valence-electron chi connectivity index (χ3n) is 2.63. The molecule has 0 unspecified atom stereocenters. The molecule has 1 aromatic carbocycles. The summed E-state index contributed by atoms with van der Waals surface area (Å²) in [5, 5.41) is 9.28. The van der Waals surface area contributed by atoms with E-state index in [1.165, 1.54) is 6.07 Å². The summed E-state index contributed by atoms with van der Waals surface area (Å²) in [5.41, 5.74) is 0.702. The number of benzene rings is 1. The summed E-state index contributed by atoms with van der Waals surface area (Å²) < 4.78 is 13.4. The van der Waals surface area contributed by atoms with Crippen molar-refractivity contribution < 1.29 is 14.3 Å². The van der Waals surface area contributed by atoms with Gasteiger partial charge in [0.05, 0.1) is 6.42 Å². The zero-order chi connectivity index (χ0) is 13.2. The van der Waals surface area contributed by atoms with E-state index in [0.29, 0.717) is 22.6 Å². The Hall–Kier alpha value is -1.09. The van der Waals surface area contributed by atoms with Crippen molar-refractivity contribution in [1.29, 1.82) is 0 Å². The van der Waals surface area contributed by atoms with Gasteiger partial charge in [0, 0.05) is 5.02 Å². The van der Waals surface area contributed by atoms with Crippen LogP contribution in [0.5, 0.6) is 0 Å². The van der Waals surface area contributed by atoms with Gasteiger partial charge >= 0.3 is 5.97 Å². The molecule has 1 N–H and O–H groups in total. The summed E-state index contributed by atoms with van der Waals surface area (Å²) in [6, 6.07) is 2.96. The van der Waals surface area contributed by atoms with Crippen LogP contribution in [0.25, 0.3) is 0 Å². The van der Waals surface area contributed by atoms with Crippen molar-refractivity contribution in [2.75, 3.05) is 0 Å². The topological polar surface area (TPSA) is 37.3 Å². The lowest BCUT2D eigenvalue weighted by atomic mass is 9.82. The lowest BCUT2D eigenvalue weighted by molar-refractivity contribution is -0.139. The largest absolute Gasteiger partial charge is 0.481 e. The second-order valence-corrected chi connectivity index (χ2v) is 5.51. The van der Waals surface area contributed by atoms with Crippen molar-refractivity contribution in [1.82, 2.24) is 0 Å². The Balaban J connectivity index is 2.95. The van der Waals surface area contributed by atoms with E-state index in [4.69, 9.17) is 16.7 Å². The zero-order valence-electron chi connectivity index (χ0n) is 10.2. The molecule has 0 amide bonds. The quantitative estimate of drug-likeness (QED) is 0.891. The number of carboxylic acids is 1. The second-order valence-electron chi connectivity index (χ2n) is 5.10. The summed E-state index contributed by atoms with van der Waals surface area (Å²) in [5.74, 6) is -1.17. The molecule has 94 valence electrons. The van der Waals surface area contributed by atoms with Gasteiger partial charge < -0.3 is 5.11 Å². The average Bonchev–Trinajstić information content (AvgIpc) is 2.11. The molecule has 0 aromatic heterocycles. The molecule has 0 radical (unpaired) electrons. The number of aryl methyl sites for hydroxylation is 1. The molecule has 0 saturated heterocycles. The van der Waals surface area contributed by atoms with E-state index in [-0.39, 0.29) is 12.2 Å². The highest BCUT2D eigenvalue weighted by atomic mass is 35.5. The normalized spacial score (nSPS) is 11.6. The first-order valence-corrected chi connectivity index (χ1v) is 5.75. The van der Waals surface area contributed by atoms with Gasteiger partial charge in [-0.15, -0.1) is 0 Å². The van der Waals surface area contributed by atoms with Crippen LogP contribution >= 0.6 is 11.6 Å². The molecule has 0 atom stereocenters. The van der Waals surface area contributed by atoms with Crippen LogP contribution in [0.15, 0.2) is 12.1 Å². The van der Waals surface area contributed by atoms with E-state index in [0.717, 1.165) is 0 Å². The fourth-order valence-electron chi connectivity index (χ4n) is 1.81. The number of rotatable bonds is 4. The summed E-state index contributed by atoms with van der Waals surface area (Å²) in [6.45, 7) is 5.30. The molecular formula is C13H16ClFO2. The third kappa shape index (κ3) is 4.00. The minimum Gasteiger partial charge on any atom is -0.481 e. The first kappa shape index (κ1) is 14.0. The Morgan fingerprint density at radius 3 is 2.59 bits per heavy atom. The van der Waals surface area contributed by atoms with E-state index in [1.807, 2.05) is 13.8 Å². The van der Waals surface area contributed by atoms with Gasteiger partial charge in [0.15, 0.2) is 0 Å². The van der Waals surface area contributed by atoms with E-state index >= 15 is 0 Å². The maximum absolute atomic E-state index is 13.4. The zero-order valence-corrected chi connectivity index (χ0v) is 10.9. The van der Waals surface area contributed by atoms with E-state index < -0.39 is 11.4 Å². The minimum absolute atomic E-state index is 0.0266. The Kier molecular flexibility index (Phi) is 4.15. The summed E-state index contributed by atoms with van der Waals surface area (Å²) in [4.78, 5) is 10.7. The Morgan fingerprint density at radius 1 is 1.47 bits per heavy atom. The minimum atomic E-state index is -0.862. The van der Waals surface area contributed by atoms with E-state index in [1.54, 1.807) is 13.0 Å². The van der Waals surface area contributed by atoms with Gasteiger partial charge in [-0.1, -0.05) is 25.4 Å². The molecular weight excluding hydrogens is 243 g/mol. The monoisotopic (exact) mass is 258 g/mol. The second kappa shape index (κ2) is 5.05. The Bertz CT molecular complexity index is 441. The summed E-state index contributed by atoms with van der Waals surface area (Å²) >= 11 is 6.03. The standard InChI is InChI=1S/C13H16ClFO2/c1-8-4-10(14)9(5-11(8)15)6-13(2,3)7-12(16)17/h4-5H,6-7H2,1-3H3,(H,16,17). The first-order chi connectivity index (χ1) is 7.71. The molecule has 0 saturated carbocycles. The molecule has 0 aliphatic carbocycles. The van der Waals surface area contributed by atoms with Crippen molar-refractivity contribution in [2.45, 2.75) is 33.6 Å². The average molecular weight is 259 g/mol. The lowest BCUT2D eigenvalue weighted by Crippen LogP contribution is -2.20. The van der Waals surface area contributed by atoms with Gasteiger partial charge in [-0.2, -0.15) is 0 Å². The molecule has 0 spiro atoms. The molecule has 0 fully saturated rings. The van der Waals surface area contributed by atoms with E-state index in [2.05, 4.69) is 0 Å². The van der Waals surface area contributed by atoms with Crippen molar-refractivity contribution in [2.24, 2.45) is 5.41 Å². The van der Waals surface area contributed by atoms with Gasteiger partial charge in [-0.25, -0.2) is 4.39 Å². The smallest absolute Gasteiger partial charge is 0.303 e. The van der Waals surface area contributed by atoms with Crippen LogP contribution in [0.4, 0.5) is 4.39 Å². The van der Waals surface area contributed by atoms with Crippen LogP contribution in [0.3, 0.4) is 0 Å². The first-order valence-electron chi connectivity index (χ1n) is 5.37. The van der Waals surface area contributed by atoms with Crippen molar-refractivity contribution >= 4 is 17.6 Å².